The molecule has 0 saturated carbocycles. The number of para-hydroxylation sites is 2. The molecule has 0 atom stereocenters. The van der Waals surface area contributed by atoms with Gasteiger partial charge in [-0.3, -0.25) is 0 Å². The van der Waals surface area contributed by atoms with Gasteiger partial charge in [0.2, 0.25) is 0 Å². The van der Waals surface area contributed by atoms with Crippen LogP contribution in [-0.2, 0) is 31.3 Å². The predicted octanol–water partition coefficient (Wildman–Crippen LogP) is 6.27. The van der Waals surface area contributed by atoms with E-state index in [-0.39, 0.29) is 20.4 Å². The summed E-state index contributed by atoms with van der Waals surface area (Å²) >= 11 is 0. The first-order valence-corrected chi connectivity index (χ1v) is 12.9. The average molecular weight is 603 g/mol. The van der Waals surface area contributed by atoms with Gasteiger partial charge in [-0.25, -0.2) is 9.97 Å². The van der Waals surface area contributed by atoms with E-state index in [1.54, 1.807) is 0 Å². The molecule has 0 fully saturated rings. The van der Waals surface area contributed by atoms with Gasteiger partial charge < -0.3 is 19.1 Å². The molecular weight excluding hydrogens is 575 g/mol. The molecule has 4 aromatic heterocycles. The molecular formula is C32H28N6Pd. The zero-order valence-corrected chi connectivity index (χ0v) is 23.8. The number of hydrogen-bond acceptors (Lipinski definition) is 2. The van der Waals surface area contributed by atoms with E-state index in [2.05, 4.69) is 122 Å². The van der Waals surface area contributed by atoms with Crippen molar-refractivity contribution in [3.8, 4) is 34.2 Å². The zero-order valence-electron chi connectivity index (χ0n) is 22.2. The van der Waals surface area contributed by atoms with E-state index in [9.17, 15) is 0 Å². The molecule has 196 valence electrons. The molecule has 0 aliphatic carbocycles. The van der Waals surface area contributed by atoms with Gasteiger partial charge in [-0.15, -0.1) is 22.8 Å². The number of benzene rings is 2. The van der Waals surface area contributed by atoms with Gasteiger partial charge in [-0.05, 0) is 24.3 Å². The SMILES string of the molecule is CC1(C)c2ccc([n-]2)-c2cn(-c3ccccc3)c(n2)C(C)(C)c2ccc([n-]2)-c2cn(-c3ccccc3)c1n2.[Pd+2]. The number of hydrogen-bond donors (Lipinski definition) is 0. The summed E-state index contributed by atoms with van der Waals surface area (Å²) in [6.07, 6.45) is 4.19. The van der Waals surface area contributed by atoms with Crippen molar-refractivity contribution in [2.24, 2.45) is 0 Å². The summed E-state index contributed by atoms with van der Waals surface area (Å²) in [6.45, 7) is 8.71. The van der Waals surface area contributed by atoms with Gasteiger partial charge >= 0.3 is 20.4 Å². The van der Waals surface area contributed by atoms with Gasteiger partial charge in [0.05, 0.1) is 11.4 Å². The predicted molar refractivity (Wildman–Crippen MR) is 149 cm³/mol. The molecule has 0 N–H and O–H groups in total. The van der Waals surface area contributed by atoms with E-state index in [1.807, 2.05) is 12.1 Å². The minimum atomic E-state index is -0.462. The van der Waals surface area contributed by atoms with E-state index in [1.165, 1.54) is 0 Å². The van der Waals surface area contributed by atoms with Crippen molar-refractivity contribution in [3.05, 3.63) is 120 Å². The Kier molecular flexibility index (Phi) is 5.91. The maximum absolute atomic E-state index is 5.17. The fraction of sp³-hybridized carbons (Fsp3) is 0.188. The molecule has 1 aliphatic rings. The summed E-state index contributed by atoms with van der Waals surface area (Å²) in [4.78, 5) is 20.6. The van der Waals surface area contributed by atoms with Gasteiger partial charge in [-0.1, -0.05) is 88.4 Å². The third-order valence-corrected chi connectivity index (χ3v) is 7.68. The summed E-state index contributed by atoms with van der Waals surface area (Å²) in [7, 11) is 0. The molecule has 0 radical (unpaired) electrons. The first kappa shape index (κ1) is 25.4. The van der Waals surface area contributed by atoms with Gasteiger partial charge in [0, 0.05) is 34.6 Å². The summed E-state index contributed by atoms with van der Waals surface area (Å²) in [5.74, 6) is 1.83. The molecule has 8 bridgehead atoms. The molecule has 1 aliphatic heterocycles. The van der Waals surface area contributed by atoms with Gasteiger partial charge in [0.15, 0.2) is 0 Å². The monoisotopic (exact) mass is 602 g/mol. The number of rotatable bonds is 2. The Morgan fingerprint density at radius 1 is 0.538 bits per heavy atom. The Morgan fingerprint density at radius 2 is 0.923 bits per heavy atom. The summed E-state index contributed by atoms with van der Waals surface area (Å²) in [5, 5.41) is 0. The Labute approximate surface area is 241 Å². The van der Waals surface area contributed by atoms with Crippen LogP contribution in [0.4, 0.5) is 0 Å². The minimum absolute atomic E-state index is 0. The van der Waals surface area contributed by atoms with Crippen LogP contribution >= 0.6 is 0 Å². The topological polar surface area (TPSA) is 63.8 Å². The Balaban J connectivity index is 0.00000277. The molecule has 39 heavy (non-hydrogen) atoms. The zero-order chi connectivity index (χ0) is 26.1. The summed E-state index contributed by atoms with van der Waals surface area (Å²) in [5.41, 5.74) is 6.48. The van der Waals surface area contributed by atoms with E-state index in [0.29, 0.717) is 0 Å². The van der Waals surface area contributed by atoms with Crippen LogP contribution in [0.5, 0.6) is 0 Å². The average Bonchev–Trinajstić information content (AvgIpc) is 3.73. The largest absolute Gasteiger partial charge is 2.00 e. The molecule has 7 heteroatoms. The molecule has 0 saturated heterocycles. The number of aromatic nitrogens is 6. The third kappa shape index (κ3) is 3.96. The molecule has 6 aromatic rings. The molecule has 0 amide bonds. The quantitative estimate of drug-likeness (QED) is 0.219. The van der Waals surface area contributed by atoms with Crippen molar-refractivity contribution >= 4 is 0 Å². The minimum Gasteiger partial charge on any atom is -0.659 e. The maximum atomic E-state index is 5.17. The summed E-state index contributed by atoms with van der Waals surface area (Å²) < 4.78 is 4.34. The van der Waals surface area contributed by atoms with Crippen LogP contribution in [0.15, 0.2) is 97.3 Å². The maximum Gasteiger partial charge on any atom is 2.00 e. The first-order chi connectivity index (χ1) is 18.3. The second kappa shape index (κ2) is 9.08. The Morgan fingerprint density at radius 3 is 1.31 bits per heavy atom. The van der Waals surface area contributed by atoms with Crippen molar-refractivity contribution in [1.82, 2.24) is 29.1 Å². The van der Waals surface area contributed by atoms with E-state index in [0.717, 1.165) is 57.2 Å². The van der Waals surface area contributed by atoms with Crippen LogP contribution in [0.25, 0.3) is 34.2 Å². The van der Waals surface area contributed by atoms with Crippen molar-refractivity contribution in [2.45, 2.75) is 38.5 Å². The number of fused-ring (bicyclic) bond motifs is 10. The van der Waals surface area contributed by atoms with Gasteiger partial charge in [-0.2, -0.15) is 0 Å². The second-order valence-electron chi connectivity index (χ2n) is 11.0. The summed E-state index contributed by atoms with van der Waals surface area (Å²) in [6, 6.07) is 29.0. The van der Waals surface area contributed by atoms with E-state index >= 15 is 0 Å². The van der Waals surface area contributed by atoms with Gasteiger partial charge in [0.1, 0.15) is 11.6 Å². The van der Waals surface area contributed by atoms with Crippen molar-refractivity contribution < 1.29 is 20.4 Å². The Hall–Kier alpha value is -3.92. The van der Waals surface area contributed by atoms with Gasteiger partial charge in [0.25, 0.3) is 0 Å². The third-order valence-electron chi connectivity index (χ3n) is 7.68. The first-order valence-electron chi connectivity index (χ1n) is 12.9. The molecule has 6 nitrogen and oxygen atoms in total. The standard InChI is InChI=1S/C32H28N6.Pd/c1-31(2)27-17-15-23(33-27)26-20-38(22-13-9-6-10-14-22)30(36-26)32(3,4)28-18-16-24(34-28)25-19-37(29(31)35-25)21-11-7-5-8-12-21;/h5-20H,1-4H3;/q-2;+2. The second-order valence-corrected chi connectivity index (χ2v) is 11.0. The van der Waals surface area contributed by atoms with Crippen LogP contribution in [0, 0.1) is 0 Å². The number of nitrogens with zero attached hydrogens (tertiary/aromatic N) is 6. The smallest absolute Gasteiger partial charge is 0.659 e. The van der Waals surface area contributed by atoms with Crippen LogP contribution in [-0.4, -0.2) is 19.1 Å². The van der Waals surface area contributed by atoms with Crippen molar-refractivity contribution in [3.63, 3.8) is 0 Å². The van der Waals surface area contributed by atoms with Crippen LogP contribution in [0.3, 0.4) is 0 Å². The number of imidazole rings is 2. The van der Waals surface area contributed by atoms with Crippen LogP contribution in [0.1, 0.15) is 50.7 Å². The molecule has 7 rings (SSSR count). The Bertz CT molecular complexity index is 1630. The van der Waals surface area contributed by atoms with E-state index in [4.69, 9.17) is 19.9 Å². The molecule has 5 heterocycles. The fourth-order valence-corrected chi connectivity index (χ4v) is 5.39. The normalized spacial score (nSPS) is 14.9. The fourth-order valence-electron chi connectivity index (χ4n) is 5.39. The van der Waals surface area contributed by atoms with Crippen LogP contribution < -0.4 is 9.97 Å². The molecule has 0 unspecified atom stereocenters. The van der Waals surface area contributed by atoms with Crippen LogP contribution in [0.2, 0.25) is 0 Å². The van der Waals surface area contributed by atoms with Crippen molar-refractivity contribution in [2.75, 3.05) is 0 Å². The van der Waals surface area contributed by atoms with E-state index < -0.39 is 10.8 Å². The molecule has 2 aromatic carbocycles. The van der Waals surface area contributed by atoms with Crippen molar-refractivity contribution in [1.29, 1.82) is 0 Å². The molecule has 0 spiro atoms.